The molecule has 0 fully saturated rings. The molecule has 0 saturated carbocycles. The first kappa shape index (κ1) is 12.9. The van der Waals surface area contributed by atoms with E-state index in [1.807, 2.05) is 18.2 Å². The van der Waals surface area contributed by atoms with E-state index in [1.165, 1.54) is 0 Å². The van der Waals surface area contributed by atoms with Gasteiger partial charge >= 0.3 is 0 Å². The predicted molar refractivity (Wildman–Crippen MR) is 72.1 cm³/mol. The summed E-state index contributed by atoms with van der Waals surface area (Å²) in [4.78, 5) is 7.79. The SMILES string of the molecule is NC(N)=NC(=S)NCC#CCc1ccccn1. The van der Waals surface area contributed by atoms with Crippen molar-refractivity contribution in [1.29, 1.82) is 0 Å². The number of aromatic nitrogens is 1. The second-order valence-electron chi connectivity index (χ2n) is 3.05. The van der Waals surface area contributed by atoms with Crippen LogP contribution in [0.3, 0.4) is 0 Å². The number of aliphatic imine (C=N–C) groups is 1. The van der Waals surface area contributed by atoms with Crippen LogP contribution in [0.1, 0.15) is 5.69 Å². The lowest BCUT2D eigenvalue weighted by molar-refractivity contribution is 1.07. The normalized spacial score (nSPS) is 8.71. The summed E-state index contributed by atoms with van der Waals surface area (Å²) in [6.45, 7) is 0.405. The fraction of sp³-hybridized carbons (Fsp3) is 0.182. The van der Waals surface area contributed by atoms with Crippen LogP contribution in [0.15, 0.2) is 29.4 Å². The molecule has 1 aromatic rings. The Morgan fingerprint density at radius 1 is 1.41 bits per heavy atom. The van der Waals surface area contributed by atoms with Crippen molar-refractivity contribution in [2.75, 3.05) is 6.54 Å². The van der Waals surface area contributed by atoms with Gasteiger partial charge in [-0.25, -0.2) is 0 Å². The first-order valence-corrected chi connectivity index (χ1v) is 5.32. The number of rotatable bonds is 2. The summed E-state index contributed by atoms with van der Waals surface area (Å²) < 4.78 is 0. The monoisotopic (exact) mass is 247 g/mol. The Bertz CT molecular complexity index is 454. The van der Waals surface area contributed by atoms with Crippen LogP contribution in [0.2, 0.25) is 0 Å². The summed E-state index contributed by atoms with van der Waals surface area (Å²) in [5, 5.41) is 3.02. The Kier molecular flexibility index (Phi) is 5.47. The molecule has 1 rings (SSSR count). The minimum atomic E-state index is -0.0658. The molecule has 0 aliphatic carbocycles. The average molecular weight is 247 g/mol. The Morgan fingerprint density at radius 2 is 2.24 bits per heavy atom. The Hall–Kier alpha value is -2.13. The third-order valence-corrected chi connectivity index (χ3v) is 1.91. The summed E-state index contributed by atoms with van der Waals surface area (Å²) in [6.07, 6.45) is 2.35. The van der Waals surface area contributed by atoms with Crippen molar-refractivity contribution in [1.82, 2.24) is 10.3 Å². The lowest BCUT2D eigenvalue weighted by Crippen LogP contribution is -2.28. The van der Waals surface area contributed by atoms with Crippen molar-refractivity contribution in [3.63, 3.8) is 0 Å². The van der Waals surface area contributed by atoms with Crippen LogP contribution in [0, 0.1) is 11.8 Å². The predicted octanol–water partition coefficient (Wildman–Crippen LogP) is -0.225. The van der Waals surface area contributed by atoms with Gasteiger partial charge in [0.1, 0.15) is 0 Å². The van der Waals surface area contributed by atoms with E-state index >= 15 is 0 Å². The first-order valence-electron chi connectivity index (χ1n) is 4.91. The van der Waals surface area contributed by atoms with Crippen molar-refractivity contribution < 1.29 is 0 Å². The lowest BCUT2D eigenvalue weighted by atomic mass is 10.3. The van der Waals surface area contributed by atoms with Gasteiger partial charge in [0.2, 0.25) is 0 Å². The zero-order valence-corrected chi connectivity index (χ0v) is 10.00. The largest absolute Gasteiger partial charge is 0.370 e. The van der Waals surface area contributed by atoms with Gasteiger partial charge in [-0.1, -0.05) is 17.9 Å². The zero-order valence-electron chi connectivity index (χ0n) is 9.18. The molecule has 0 aromatic carbocycles. The highest BCUT2D eigenvalue weighted by Gasteiger charge is 1.90. The van der Waals surface area contributed by atoms with Crippen LogP contribution in [-0.4, -0.2) is 22.6 Å². The lowest BCUT2D eigenvalue weighted by Gasteiger charge is -1.97. The topological polar surface area (TPSA) is 89.3 Å². The molecule has 1 aromatic heterocycles. The number of thiocarbonyl (C=S) groups is 1. The summed E-state index contributed by atoms with van der Waals surface area (Å²) >= 11 is 4.83. The number of pyridine rings is 1. The van der Waals surface area contributed by atoms with Crippen molar-refractivity contribution in [2.45, 2.75) is 6.42 Å². The average Bonchev–Trinajstić information content (AvgIpc) is 2.29. The number of guanidine groups is 1. The molecule has 6 heteroatoms. The van der Waals surface area contributed by atoms with Gasteiger partial charge in [0.05, 0.1) is 18.7 Å². The smallest absolute Gasteiger partial charge is 0.196 e. The van der Waals surface area contributed by atoms with E-state index in [4.69, 9.17) is 23.7 Å². The molecule has 5 nitrogen and oxygen atoms in total. The highest BCUT2D eigenvalue weighted by molar-refractivity contribution is 7.80. The van der Waals surface area contributed by atoms with E-state index in [0.29, 0.717) is 13.0 Å². The third-order valence-electron chi connectivity index (χ3n) is 1.68. The van der Waals surface area contributed by atoms with Gasteiger partial charge in [-0.15, -0.1) is 0 Å². The van der Waals surface area contributed by atoms with Gasteiger partial charge in [-0.05, 0) is 24.4 Å². The molecule has 0 aliphatic rings. The van der Waals surface area contributed by atoms with Crippen LogP contribution < -0.4 is 16.8 Å². The molecule has 0 unspecified atom stereocenters. The van der Waals surface area contributed by atoms with Gasteiger partial charge in [0.15, 0.2) is 11.1 Å². The summed E-state index contributed by atoms with van der Waals surface area (Å²) in [7, 11) is 0. The first-order chi connectivity index (χ1) is 8.18. The maximum Gasteiger partial charge on any atom is 0.196 e. The van der Waals surface area contributed by atoms with Gasteiger partial charge in [-0.3, -0.25) is 4.98 Å². The molecule has 0 amide bonds. The Labute approximate surface area is 105 Å². The highest BCUT2D eigenvalue weighted by Crippen LogP contribution is 1.92. The molecule has 88 valence electrons. The van der Waals surface area contributed by atoms with Gasteiger partial charge in [0, 0.05) is 6.20 Å². The molecule has 0 saturated heterocycles. The van der Waals surface area contributed by atoms with E-state index in [0.717, 1.165) is 5.69 Å². The van der Waals surface area contributed by atoms with Crippen LogP contribution >= 0.6 is 12.2 Å². The maximum atomic E-state index is 5.16. The molecule has 0 aliphatic heterocycles. The molecule has 0 radical (unpaired) electrons. The van der Waals surface area contributed by atoms with E-state index in [9.17, 15) is 0 Å². The van der Waals surface area contributed by atoms with E-state index in [-0.39, 0.29) is 11.1 Å². The second kappa shape index (κ2) is 7.19. The van der Waals surface area contributed by atoms with E-state index in [1.54, 1.807) is 6.20 Å². The van der Waals surface area contributed by atoms with Gasteiger partial charge < -0.3 is 16.8 Å². The number of hydrogen-bond acceptors (Lipinski definition) is 2. The van der Waals surface area contributed by atoms with E-state index in [2.05, 4.69) is 27.1 Å². The van der Waals surface area contributed by atoms with Crippen molar-refractivity contribution >= 4 is 23.3 Å². The van der Waals surface area contributed by atoms with Gasteiger partial charge in [-0.2, -0.15) is 4.99 Å². The molecule has 5 N–H and O–H groups in total. The van der Waals surface area contributed by atoms with Crippen molar-refractivity contribution in [3.8, 4) is 11.8 Å². The fourth-order valence-electron chi connectivity index (χ4n) is 0.995. The quantitative estimate of drug-likeness (QED) is 0.291. The zero-order chi connectivity index (χ0) is 12.5. The fourth-order valence-corrected chi connectivity index (χ4v) is 1.17. The maximum absolute atomic E-state index is 5.16. The number of nitrogens with zero attached hydrogens (tertiary/aromatic N) is 2. The minimum absolute atomic E-state index is 0.0658. The number of nitrogens with one attached hydrogen (secondary N) is 1. The van der Waals surface area contributed by atoms with Gasteiger partial charge in [0.25, 0.3) is 0 Å². The number of nitrogens with two attached hydrogens (primary N) is 2. The second-order valence-corrected chi connectivity index (χ2v) is 3.43. The summed E-state index contributed by atoms with van der Waals surface area (Å²) in [6, 6.07) is 5.72. The molecule has 0 bridgehead atoms. The van der Waals surface area contributed by atoms with Crippen molar-refractivity contribution in [3.05, 3.63) is 30.1 Å². The molecule has 0 atom stereocenters. The van der Waals surface area contributed by atoms with Crippen molar-refractivity contribution in [2.24, 2.45) is 16.5 Å². The molecule has 17 heavy (non-hydrogen) atoms. The Morgan fingerprint density at radius 3 is 2.88 bits per heavy atom. The summed E-state index contributed by atoms with van der Waals surface area (Å²) in [5.41, 5.74) is 11.2. The summed E-state index contributed by atoms with van der Waals surface area (Å²) in [5.74, 6) is 5.80. The molecular formula is C11H13N5S. The van der Waals surface area contributed by atoms with Crippen LogP contribution in [-0.2, 0) is 6.42 Å². The van der Waals surface area contributed by atoms with Crippen LogP contribution in [0.5, 0.6) is 0 Å². The van der Waals surface area contributed by atoms with Crippen LogP contribution in [0.25, 0.3) is 0 Å². The molecule has 1 heterocycles. The molecule has 0 spiro atoms. The minimum Gasteiger partial charge on any atom is -0.370 e. The Balaban J connectivity index is 2.28. The van der Waals surface area contributed by atoms with Crippen LogP contribution in [0.4, 0.5) is 0 Å². The third kappa shape index (κ3) is 6.12. The van der Waals surface area contributed by atoms with E-state index < -0.39 is 0 Å². The molecular weight excluding hydrogens is 234 g/mol. The highest BCUT2D eigenvalue weighted by atomic mass is 32.1. The standard InChI is InChI=1S/C11H13N5S/c12-10(13)16-11(17)15-8-4-2-6-9-5-1-3-7-14-9/h1,3,5,7H,6,8H2,(H5,12,13,15,16,17). The number of hydrogen-bond donors (Lipinski definition) is 3.